The maximum absolute atomic E-state index is 12.9. The van der Waals surface area contributed by atoms with E-state index in [1.165, 1.54) is 12.1 Å². The first kappa shape index (κ1) is 22.1. The van der Waals surface area contributed by atoms with E-state index in [1.54, 1.807) is 12.1 Å². The summed E-state index contributed by atoms with van der Waals surface area (Å²) < 4.78 is 44.1. The zero-order valence-corrected chi connectivity index (χ0v) is 15.6. The molecule has 2 aromatic rings. The van der Waals surface area contributed by atoms with Crippen molar-refractivity contribution in [2.75, 3.05) is 20.6 Å². The van der Waals surface area contributed by atoms with Crippen molar-refractivity contribution in [3.05, 3.63) is 67.8 Å². The van der Waals surface area contributed by atoms with Gasteiger partial charge in [0.05, 0.1) is 15.4 Å². The number of hydrogen-bond donors (Lipinski definition) is 0. The van der Waals surface area contributed by atoms with Crippen molar-refractivity contribution >= 4 is 11.4 Å². The van der Waals surface area contributed by atoms with Crippen LogP contribution < -0.4 is 4.74 Å². The van der Waals surface area contributed by atoms with E-state index in [0.717, 1.165) is 24.9 Å². The van der Waals surface area contributed by atoms with E-state index in [-0.39, 0.29) is 17.9 Å². The first-order chi connectivity index (χ1) is 13.5. The third-order valence-electron chi connectivity index (χ3n) is 3.98. The molecule has 156 valence electrons. The van der Waals surface area contributed by atoms with Crippen LogP contribution in [0.25, 0.3) is 0 Å². The molecule has 0 unspecified atom stereocenters. The normalized spacial score (nSPS) is 11.5. The van der Waals surface area contributed by atoms with Gasteiger partial charge in [-0.05, 0) is 51.2 Å². The molecule has 0 bridgehead atoms. The van der Waals surface area contributed by atoms with Crippen LogP contribution in [0.1, 0.15) is 17.5 Å². The maximum Gasteiger partial charge on any atom is 0.416 e. The second kappa shape index (κ2) is 8.86. The van der Waals surface area contributed by atoms with E-state index in [2.05, 4.69) is 0 Å². The number of alkyl halides is 3. The number of nitrogens with zero attached hydrogens (tertiary/aromatic N) is 3. The van der Waals surface area contributed by atoms with Crippen molar-refractivity contribution in [1.29, 1.82) is 0 Å². The Balaban J connectivity index is 2.36. The summed E-state index contributed by atoms with van der Waals surface area (Å²) in [6, 6.07) is 6.72. The highest BCUT2D eigenvalue weighted by molar-refractivity contribution is 5.63. The molecule has 0 saturated carbocycles. The highest BCUT2D eigenvalue weighted by atomic mass is 19.4. The second-order valence-electron chi connectivity index (χ2n) is 6.51. The lowest BCUT2D eigenvalue weighted by atomic mass is 10.1. The number of rotatable bonds is 8. The fraction of sp³-hybridized carbons (Fsp3) is 0.333. The smallest absolute Gasteiger partial charge is 0.416 e. The molecule has 8 nitrogen and oxygen atoms in total. The first-order valence-electron chi connectivity index (χ1n) is 8.44. The van der Waals surface area contributed by atoms with Gasteiger partial charge in [-0.2, -0.15) is 13.2 Å². The molecule has 11 heteroatoms. The number of hydrogen-bond acceptors (Lipinski definition) is 6. The molecular formula is C18H18F3N3O5. The topological polar surface area (TPSA) is 98.8 Å². The minimum absolute atomic E-state index is 0.0346. The summed E-state index contributed by atoms with van der Waals surface area (Å²) in [7, 11) is 3.89. The van der Waals surface area contributed by atoms with Gasteiger partial charge < -0.3 is 9.64 Å². The number of halogens is 3. The Morgan fingerprint density at radius 1 is 1.00 bits per heavy atom. The van der Waals surface area contributed by atoms with Crippen LogP contribution in [0.2, 0.25) is 0 Å². The molecule has 0 N–H and O–H groups in total. The SMILES string of the molecule is CN(C)CCCc1ccc(Oc2c([N+](=O)[O-])cc(C(F)(F)F)cc2[N+](=O)[O-])cc1. The molecule has 0 fully saturated rings. The van der Waals surface area contributed by atoms with Gasteiger partial charge in [0.25, 0.3) is 5.75 Å². The monoisotopic (exact) mass is 413 g/mol. The number of ether oxygens (including phenoxy) is 1. The lowest BCUT2D eigenvalue weighted by molar-refractivity contribution is -0.396. The van der Waals surface area contributed by atoms with Crippen molar-refractivity contribution in [3.63, 3.8) is 0 Å². The summed E-state index contributed by atoms with van der Waals surface area (Å²) in [5.41, 5.74) is -2.82. The molecular weight excluding hydrogens is 395 g/mol. The largest absolute Gasteiger partial charge is 0.444 e. The Morgan fingerprint density at radius 2 is 1.52 bits per heavy atom. The summed E-state index contributed by atoms with van der Waals surface area (Å²) in [4.78, 5) is 22.2. The molecule has 2 rings (SSSR count). The highest BCUT2D eigenvalue weighted by Crippen LogP contribution is 2.44. The van der Waals surface area contributed by atoms with Gasteiger partial charge >= 0.3 is 17.6 Å². The number of nitro benzene ring substituents is 2. The number of benzene rings is 2. The van der Waals surface area contributed by atoms with Crippen molar-refractivity contribution in [3.8, 4) is 11.5 Å². The van der Waals surface area contributed by atoms with Gasteiger partial charge in [-0.15, -0.1) is 0 Å². The Morgan fingerprint density at radius 3 is 1.93 bits per heavy atom. The van der Waals surface area contributed by atoms with Gasteiger partial charge in [0, 0.05) is 12.1 Å². The molecule has 0 amide bonds. The predicted molar refractivity (Wildman–Crippen MR) is 98.1 cm³/mol. The van der Waals surface area contributed by atoms with Gasteiger partial charge in [0.2, 0.25) is 0 Å². The highest BCUT2D eigenvalue weighted by Gasteiger charge is 2.38. The second-order valence-corrected chi connectivity index (χ2v) is 6.51. The molecule has 0 aliphatic carbocycles. The first-order valence-corrected chi connectivity index (χ1v) is 8.44. The summed E-state index contributed by atoms with van der Waals surface area (Å²) in [6.07, 6.45) is -3.33. The van der Waals surface area contributed by atoms with Crippen molar-refractivity contribution < 1.29 is 27.8 Å². The fourth-order valence-electron chi connectivity index (χ4n) is 2.58. The van der Waals surface area contributed by atoms with E-state index >= 15 is 0 Å². The average Bonchev–Trinajstić information content (AvgIpc) is 2.61. The van der Waals surface area contributed by atoms with Gasteiger partial charge in [0.15, 0.2) is 0 Å². The molecule has 0 atom stereocenters. The molecule has 0 radical (unpaired) electrons. The summed E-state index contributed by atoms with van der Waals surface area (Å²) >= 11 is 0. The summed E-state index contributed by atoms with van der Waals surface area (Å²) in [5.74, 6) is -0.819. The van der Waals surface area contributed by atoms with Crippen molar-refractivity contribution in [2.24, 2.45) is 0 Å². The van der Waals surface area contributed by atoms with Crippen LogP contribution in [-0.2, 0) is 12.6 Å². The summed E-state index contributed by atoms with van der Waals surface area (Å²) in [5, 5.41) is 22.4. The van der Waals surface area contributed by atoms with E-state index in [4.69, 9.17) is 4.74 Å². The van der Waals surface area contributed by atoms with Crippen LogP contribution in [-0.4, -0.2) is 35.4 Å². The Labute approximate surface area is 163 Å². The van der Waals surface area contributed by atoms with Gasteiger partial charge in [-0.3, -0.25) is 20.2 Å². The van der Waals surface area contributed by atoms with E-state index < -0.39 is 38.7 Å². The quantitative estimate of drug-likeness (QED) is 0.455. The predicted octanol–water partition coefficient (Wildman–Crippen LogP) is 4.81. The van der Waals surface area contributed by atoms with Crippen LogP contribution in [0.3, 0.4) is 0 Å². The Bertz CT molecular complexity index is 864. The van der Waals surface area contributed by atoms with E-state index in [9.17, 15) is 33.4 Å². The molecule has 2 aromatic carbocycles. The van der Waals surface area contributed by atoms with Crippen molar-refractivity contribution in [2.45, 2.75) is 19.0 Å². The van der Waals surface area contributed by atoms with Crippen molar-refractivity contribution in [1.82, 2.24) is 4.90 Å². The lowest BCUT2D eigenvalue weighted by Gasteiger charge is -2.11. The zero-order valence-electron chi connectivity index (χ0n) is 15.6. The Hall–Kier alpha value is -3.21. The van der Waals surface area contributed by atoms with Gasteiger partial charge in [-0.25, -0.2) is 0 Å². The van der Waals surface area contributed by atoms with Gasteiger partial charge in [-0.1, -0.05) is 12.1 Å². The molecule has 0 spiro atoms. The van der Waals surface area contributed by atoms with Crippen LogP contribution >= 0.6 is 0 Å². The lowest BCUT2D eigenvalue weighted by Crippen LogP contribution is -2.13. The van der Waals surface area contributed by atoms with E-state index in [0.29, 0.717) is 0 Å². The molecule has 0 saturated heterocycles. The molecule has 0 aromatic heterocycles. The van der Waals surface area contributed by atoms with Crippen LogP contribution in [0.15, 0.2) is 36.4 Å². The third-order valence-corrected chi connectivity index (χ3v) is 3.98. The summed E-state index contributed by atoms with van der Waals surface area (Å²) in [6.45, 7) is 0.877. The number of nitro groups is 2. The molecule has 29 heavy (non-hydrogen) atoms. The fourth-order valence-corrected chi connectivity index (χ4v) is 2.58. The minimum Gasteiger partial charge on any atom is -0.444 e. The molecule has 0 aliphatic rings. The maximum atomic E-state index is 12.9. The molecule has 0 aliphatic heterocycles. The van der Waals surface area contributed by atoms with Crippen LogP contribution in [0.4, 0.5) is 24.5 Å². The van der Waals surface area contributed by atoms with E-state index in [1.807, 2.05) is 19.0 Å². The standard InChI is InChI=1S/C18H18F3N3O5/c1-22(2)9-3-4-12-5-7-14(8-6-12)29-17-15(23(25)26)10-13(18(19,20)21)11-16(17)24(27)28/h5-8,10-11H,3-4,9H2,1-2H3. The zero-order chi connectivity index (χ0) is 21.8. The number of aryl methyl sites for hydroxylation is 1. The average molecular weight is 413 g/mol. The van der Waals surface area contributed by atoms with Gasteiger partial charge in [0.1, 0.15) is 5.75 Å². The molecule has 0 heterocycles. The Kier molecular flexibility index (Phi) is 6.75. The third kappa shape index (κ3) is 5.88. The van der Waals surface area contributed by atoms with Crippen LogP contribution in [0.5, 0.6) is 11.5 Å². The minimum atomic E-state index is -4.98. The van der Waals surface area contributed by atoms with Crippen LogP contribution in [0, 0.1) is 20.2 Å².